The Morgan fingerprint density at radius 3 is 1.55 bits per heavy atom. The van der Waals surface area contributed by atoms with E-state index in [0.29, 0.717) is 0 Å². The van der Waals surface area contributed by atoms with Crippen LogP contribution in [0, 0.1) is 0 Å². The smallest absolute Gasteiger partial charge is 0.0664 e. The first-order valence-corrected chi connectivity index (χ1v) is 7.17. The van der Waals surface area contributed by atoms with Crippen molar-refractivity contribution in [2.24, 2.45) is 0 Å². The Kier molecular flexibility index (Phi) is 5.33. The summed E-state index contributed by atoms with van der Waals surface area (Å²) in [4.78, 5) is 2.31. The van der Waals surface area contributed by atoms with Crippen LogP contribution in [0.3, 0.4) is 0 Å². The van der Waals surface area contributed by atoms with Crippen LogP contribution in [0.2, 0.25) is 0 Å². The molecule has 0 amide bonds. The molecule has 2 rings (SSSR count). The van der Waals surface area contributed by atoms with E-state index in [1.165, 1.54) is 11.1 Å². The van der Waals surface area contributed by atoms with Gasteiger partial charge in [-0.3, -0.25) is 4.90 Å². The quantitative estimate of drug-likeness (QED) is 0.868. The third-order valence-electron chi connectivity index (χ3n) is 3.73. The van der Waals surface area contributed by atoms with Gasteiger partial charge in [-0.25, -0.2) is 0 Å². The van der Waals surface area contributed by atoms with Crippen LogP contribution in [-0.4, -0.2) is 22.2 Å². The van der Waals surface area contributed by atoms with Gasteiger partial charge in [-0.05, 0) is 25.0 Å². The highest BCUT2D eigenvalue weighted by molar-refractivity contribution is 5.17. The van der Waals surface area contributed by atoms with Crippen molar-refractivity contribution in [2.75, 3.05) is 0 Å². The van der Waals surface area contributed by atoms with Gasteiger partial charge in [0.05, 0.1) is 6.10 Å². The van der Waals surface area contributed by atoms with Crippen LogP contribution >= 0.6 is 0 Å². The van der Waals surface area contributed by atoms with E-state index in [4.69, 9.17) is 0 Å². The highest BCUT2D eigenvalue weighted by Crippen LogP contribution is 2.15. The first kappa shape index (κ1) is 14.8. The maximum Gasteiger partial charge on any atom is 0.0664 e. The van der Waals surface area contributed by atoms with Crippen LogP contribution in [0.25, 0.3) is 0 Å². The second-order valence-corrected chi connectivity index (χ2v) is 5.36. The Bertz CT molecular complexity index is 454. The summed E-state index contributed by atoms with van der Waals surface area (Å²) in [6.07, 6.45) is -0.345. The average molecular weight is 269 g/mol. The van der Waals surface area contributed by atoms with E-state index in [2.05, 4.69) is 60.4 Å². The van der Waals surface area contributed by atoms with Crippen molar-refractivity contribution in [3.8, 4) is 0 Å². The van der Waals surface area contributed by atoms with Crippen molar-refractivity contribution >= 4 is 0 Å². The average Bonchev–Trinajstić information content (AvgIpc) is 2.48. The van der Waals surface area contributed by atoms with Gasteiger partial charge in [-0.15, -0.1) is 0 Å². The molecule has 106 valence electrons. The van der Waals surface area contributed by atoms with Crippen LogP contribution in [0.1, 0.15) is 25.0 Å². The van der Waals surface area contributed by atoms with Crippen LogP contribution in [0.5, 0.6) is 0 Å². The molecule has 0 bridgehead atoms. The standard InChI is InChI=1S/C18H23NO/c1-15(16(2)20)19(13-17-9-5-3-6-10-17)14-18-11-7-4-8-12-18/h3-12,15-16,20H,13-14H2,1-2H3/t15-,16-/m0/s1. The summed E-state index contributed by atoms with van der Waals surface area (Å²) in [7, 11) is 0. The molecule has 2 aromatic carbocycles. The Labute approximate surface area is 121 Å². The lowest BCUT2D eigenvalue weighted by Crippen LogP contribution is -2.39. The van der Waals surface area contributed by atoms with Gasteiger partial charge in [-0.1, -0.05) is 60.7 Å². The molecule has 20 heavy (non-hydrogen) atoms. The Morgan fingerprint density at radius 1 is 0.800 bits per heavy atom. The SMILES string of the molecule is C[C@H](O)[C@H](C)N(Cc1ccccc1)Cc1ccccc1. The Balaban J connectivity index is 2.12. The fourth-order valence-corrected chi connectivity index (χ4v) is 2.28. The number of rotatable bonds is 6. The minimum atomic E-state index is -0.345. The molecule has 2 heteroatoms. The minimum absolute atomic E-state index is 0.121. The summed E-state index contributed by atoms with van der Waals surface area (Å²) in [5.41, 5.74) is 2.55. The fraction of sp³-hybridized carbons (Fsp3) is 0.333. The van der Waals surface area contributed by atoms with E-state index in [0.717, 1.165) is 13.1 Å². The predicted molar refractivity (Wildman–Crippen MR) is 83.3 cm³/mol. The third kappa shape index (κ3) is 4.19. The number of aliphatic hydroxyl groups is 1. The maximum absolute atomic E-state index is 9.91. The van der Waals surface area contributed by atoms with Crippen LogP contribution in [-0.2, 0) is 13.1 Å². The van der Waals surface area contributed by atoms with Crippen molar-refractivity contribution in [1.29, 1.82) is 0 Å². The molecule has 0 aliphatic heterocycles. The highest BCUT2D eigenvalue weighted by Gasteiger charge is 2.18. The molecule has 0 fully saturated rings. The molecule has 0 aliphatic rings. The van der Waals surface area contributed by atoms with Gasteiger partial charge in [0.1, 0.15) is 0 Å². The minimum Gasteiger partial charge on any atom is -0.392 e. The normalized spacial score (nSPS) is 14.2. The van der Waals surface area contributed by atoms with Crippen molar-refractivity contribution in [1.82, 2.24) is 4.90 Å². The third-order valence-corrected chi connectivity index (χ3v) is 3.73. The summed E-state index contributed by atoms with van der Waals surface area (Å²) in [5, 5.41) is 9.91. The van der Waals surface area contributed by atoms with Crippen molar-refractivity contribution < 1.29 is 5.11 Å². The number of nitrogens with zero attached hydrogens (tertiary/aromatic N) is 1. The van der Waals surface area contributed by atoms with E-state index in [9.17, 15) is 5.11 Å². The molecule has 0 saturated heterocycles. The summed E-state index contributed by atoms with van der Waals surface area (Å²) in [6.45, 7) is 5.63. The molecule has 0 saturated carbocycles. The molecule has 2 nitrogen and oxygen atoms in total. The van der Waals surface area contributed by atoms with E-state index in [-0.39, 0.29) is 12.1 Å². The highest BCUT2D eigenvalue weighted by atomic mass is 16.3. The lowest BCUT2D eigenvalue weighted by Gasteiger charge is -2.31. The second kappa shape index (κ2) is 7.22. The van der Waals surface area contributed by atoms with E-state index < -0.39 is 0 Å². The van der Waals surface area contributed by atoms with Gasteiger partial charge in [0.15, 0.2) is 0 Å². The zero-order valence-electron chi connectivity index (χ0n) is 12.2. The zero-order chi connectivity index (χ0) is 14.4. The second-order valence-electron chi connectivity index (χ2n) is 5.36. The van der Waals surface area contributed by atoms with Crippen molar-refractivity contribution in [3.05, 3.63) is 71.8 Å². The van der Waals surface area contributed by atoms with Crippen LogP contribution in [0.15, 0.2) is 60.7 Å². The fourth-order valence-electron chi connectivity index (χ4n) is 2.28. The van der Waals surface area contributed by atoms with Gasteiger partial charge < -0.3 is 5.11 Å². The summed E-state index contributed by atoms with van der Waals surface area (Å²) < 4.78 is 0. The maximum atomic E-state index is 9.91. The number of hydrogen-bond acceptors (Lipinski definition) is 2. The molecule has 2 aromatic rings. The molecule has 0 radical (unpaired) electrons. The van der Waals surface area contributed by atoms with Gasteiger partial charge >= 0.3 is 0 Å². The first-order chi connectivity index (χ1) is 9.66. The van der Waals surface area contributed by atoms with Crippen molar-refractivity contribution in [2.45, 2.75) is 39.1 Å². The molecule has 0 unspecified atom stereocenters. The monoisotopic (exact) mass is 269 g/mol. The Morgan fingerprint density at radius 2 is 1.20 bits per heavy atom. The number of aliphatic hydroxyl groups excluding tert-OH is 1. The summed E-state index contributed by atoms with van der Waals surface area (Å²) in [6, 6.07) is 20.9. The lowest BCUT2D eigenvalue weighted by atomic mass is 10.1. The first-order valence-electron chi connectivity index (χ1n) is 7.17. The molecule has 0 aliphatic carbocycles. The van der Waals surface area contributed by atoms with E-state index in [1.54, 1.807) is 0 Å². The van der Waals surface area contributed by atoms with Gasteiger partial charge in [0.2, 0.25) is 0 Å². The molecule has 0 heterocycles. The van der Waals surface area contributed by atoms with Crippen LogP contribution in [0.4, 0.5) is 0 Å². The molecule has 1 N–H and O–H groups in total. The van der Waals surface area contributed by atoms with Gasteiger partial charge in [0, 0.05) is 19.1 Å². The predicted octanol–water partition coefficient (Wildman–Crippen LogP) is 3.46. The summed E-state index contributed by atoms with van der Waals surface area (Å²) >= 11 is 0. The Hall–Kier alpha value is -1.64. The molecule has 0 spiro atoms. The molecular formula is C18H23NO. The van der Waals surface area contributed by atoms with Crippen LogP contribution < -0.4 is 0 Å². The topological polar surface area (TPSA) is 23.5 Å². The number of hydrogen-bond donors (Lipinski definition) is 1. The zero-order valence-corrected chi connectivity index (χ0v) is 12.2. The largest absolute Gasteiger partial charge is 0.392 e. The number of benzene rings is 2. The lowest BCUT2D eigenvalue weighted by molar-refractivity contribution is 0.0610. The van der Waals surface area contributed by atoms with Gasteiger partial charge in [-0.2, -0.15) is 0 Å². The summed E-state index contributed by atoms with van der Waals surface area (Å²) in [5.74, 6) is 0. The van der Waals surface area contributed by atoms with E-state index >= 15 is 0 Å². The van der Waals surface area contributed by atoms with Gasteiger partial charge in [0.25, 0.3) is 0 Å². The molecule has 2 atom stereocenters. The molecule has 0 aromatic heterocycles. The molecular weight excluding hydrogens is 246 g/mol. The van der Waals surface area contributed by atoms with E-state index in [1.807, 2.05) is 19.1 Å². The van der Waals surface area contributed by atoms with Crippen molar-refractivity contribution in [3.63, 3.8) is 0 Å².